The molecule has 1 amide bonds. The van der Waals surface area contributed by atoms with Crippen LogP contribution in [0.5, 0.6) is 0 Å². The van der Waals surface area contributed by atoms with Gasteiger partial charge < -0.3 is 14.7 Å². The predicted octanol–water partition coefficient (Wildman–Crippen LogP) is 5.66. The van der Waals surface area contributed by atoms with Crippen molar-refractivity contribution < 1.29 is 23.4 Å². The van der Waals surface area contributed by atoms with Crippen molar-refractivity contribution in [2.24, 2.45) is 5.92 Å². The molecule has 33 heavy (non-hydrogen) atoms. The molecule has 1 fully saturated rings. The van der Waals surface area contributed by atoms with Gasteiger partial charge in [0.15, 0.2) is 0 Å². The first-order chi connectivity index (χ1) is 16.0. The van der Waals surface area contributed by atoms with Gasteiger partial charge in [0, 0.05) is 24.6 Å². The molecule has 1 saturated heterocycles. The average Bonchev–Trinajstić information content (AvgIpc) is 3.17. The number of likely N-dealkylation sites (tertiary alicyclic amines) is 1. The Hall–Kier alpha value is -3.25. The molecule has 0 radical (unpaired) electrons. The highest BCUT2D eigenvalue weighted by molar-refractivity contribution is 5.79. The number of ether oxygens (including phenoxy) is 1. The second-order valence-electron chi connectivity index (χ2n) is 8.74. The fourth-order valence-corrected chi connectivity index (χ4v) is 5.08. The van der Waals surface area contributed by atoms with Gasteiger partial charge in [-0.3, -0.25) is 0 Å². The number of hydrogen-bond donors (Lipinski definition) is 1. The van der Waals surface area contributed by atoms with Crippen molar-refractivity contribution in [1.82, 2.24) is 4.90 Å². The third kappa shape index (κ3) is 4.11. The van der Waals surface area contributed by atoms with Gasteiger partial charge in [-0.25, -0.2) is 13.6 Å². The molecule has 6 heteroatoms. The number of halogens is 2. The van der Waals surface area contributed by atoms with E-state index in [1.165, 1.54) is 11.1 Å². The van der Waals surface area contributed by atoms with Gasteiger partial charge in [0.1, 0.15) is 18.2 Å². The summed E-state index contributed by atoms with van der Waals surface area (Å²) >= 11 is 0. The van der Waals surface area contributed by atoms with Crippen LogP contribution in [0.25, 0.3) is 11.1 Å². The zero-order valence-corrected chi connectivity index (χ0v) is 18.1. The topological polar surface area (TPSA) is 49.8 Å². The minimum absolute atomic E-state index is 0.00309. The lowest BCUT2D eigenvalue weighted by Crippen LogP contribution is -2.40. The Kier molecular flexibility index (Phi) is 5.85. The lowest BCUT2D eigenvalue weighted by molar-refractivity contribution is 0.0447. The molecule has 3 aromatic carbocycles. The van der Waals surface area contributed by atoms with Gasteiger partial charge in [-0.2, -0.15) is 0 Å². The van der Waals surface area contributed by atoms with Crippen molar-refractivity contribution in [2.45, 2.75) is 24.9 Å². The monoisotopic (exact) mass is 449 g/mol. The molecule has 0 saturated carbocycles. The van der Waals surface area contributed by atoms with E-state index in [4.69, 9.17) is 4.74 Å². The molecule has 4 nitrogen and oxygen atoms in total. The molecule has 0 aromatic heterocycles. The molecule has 1 aliphatic heterocycles. The maximum atomic E-state index is 14.0. The number of aliphatic hydroxyl groups is 1. The number of amides is 1. The van der Waals surface area contributed by atoms with Crippen LogP contribution in [0.2, 0.25) is 0 Å². The quantitative estimate of drug-likeness (QED) is 0.559. The molecular weight excluding hydrogens is 424 g/mol. The van der Waals surface area contributed by atoms with E-state index in [0.717, 1.165) is 29.3 Å². The molecular formula is C27H25F2NO3. The Morgan fingerprint density at radius 2 is 1.58 bits per heavy atom. The molecule has 0 bridgehead atoms. The van der Waals surface area contributed by atoms with Gasteiger partial charge in [0.25, 0.3) is 0 Å². The normalized spacial score (nSPS) is 16.9. The second kappa shape index (κ2) is 8.94. The molecule has 170 valence electrons. The summed E-state index contributed by atoms with van der Waals surface area (Å²) in [5.41, 5.74) is 4.63. The van der Waals surface area contributed by atoms with E-state index in [2.05, 4.69) is 24.3 Å². The van der Waals surface area contributed by atoms with Crippen molar-refractivity contribution in [3.05, 3.63) is 95.1 Å². The Balaban J connectivity index is 1.20. The van der Waals surface area contributed by atoms with Crippen LogP contribution in [-0.4, -0.2) is 35.8 Å². The lowest BCUT2D eigenvalue weighted by Gasteiger charge is -2.34. The minimum atomic E-state index is -1.11. The molecule has 1 heterocycles. The van der Waals surface area contributed by atoms with Crippen LogP contribution in [0.1, 0.15) is 41.6 Å². The Morgan fingerprint density at radius 3 is 2.21 bits per heavy atom. The Labute approximate surface area is 191 Å². The maximum absolute atomic E-state index is 14.0. The fraction of sp³-hybridized carbons (Fsp3) is 0.296. The summed E-state index contributed by atoms with van der Waals surface area (Å²) in [6, 6.07) is 19.5. The van der Waals surface area contributed by atoms with Crippen LogP contribution >= 0.6 is 0 Å². The summed E-state index contributed by atoms with van der Waals surface area (Å²) in [7, 11) is 0. The minimum Gasteiger partial charge on any atom is -0.448 e. The largest absolute Gasteiger partial charge is 0.448 e. The van der Waals surface area contributed by atoms with Crippen LogP contribution < -0.4 is 0 Å². The van der Waals surface area contributed by atoms with Crippen molar-refractivity contribution in [3.63, 3.8) is 0 Å². The number of benzene rings is 3. The summed E-state index contributed by atoms with van der Waals surface area (Å²) in [4.78, 5) is 14.4. The number of carbonyl (C=O) groups excluding carboxylic acids is 1. The molecule has 3 aromatic rings. The SMILES string of the molecule is O=C(OCC1c2ccccc2-c2ccccc21)N1CCC(C(O)c2cc(F)ccc2F)CC1. The zero-order chi connectivity index (χ0) is 22.9. The van der Waals surface area contributed by atoms with Gasteiger partial charge in [-0.1, -0.05) is 48.5 Å². The molecule has 1 aliphatic carbocycles. The molecule has 0 spiro atoms. The summed E-state index contributed by atoms with van der Waals surface area (Å²) in [5, 5.41) is 10.6. The van der Waals surface area contributed by atoms with Crippen molar-refractivity contribution in [2.75, 3.05) is 19.7 Å². The Bertz CT molecular complexity index is 1130. The number of fused-ring (bicyclic) bond motifs is 3. The summed E-state index contributed by atoms with van der Waals surface area (Å²) in [6.07, 6.45) is -0.519. The van der Waals surface area contributed by atoms with Gasteiger partial charge >= 0.3 is 6.09 Å². The van der Waals surface area contributed by atoms with E-state index in [1.54, 1.807) is 4.90 Å². The zero-order valence-electron chi connectivity index (χ0n) is 18.1. The maximum Gasteiger partial charge on any atom is 0.409 e. The third-order valence-electron chi connectivity index (χ3n) is 6.86. The first-order valence-electron chi connectivity index (χ1n) is 11.3. The number of nitrogens with zero attached hydrogens (tertiary/aromatic N) is 1. The summed E-state index contributed by atoms with van der Waals surface area (Å²) in [6.45, 7) is 1.05. The van der Waals surface area contributed by atoms with Crippen molar-refractivity contribution in [1.29, 1.82) is 0 Å². The van der Waals surface area contributed by atoms with Gasteiger partial charge in [0.05, 0.1) is 6.10 Å². The van der Waals surface area contributed by atoms with Crippen molar-refractivity contribution in [3.8, 4) is 11.1 Å². The first kappa shape index (κ1) is 21.6. The van der Waals surface area contributed by atoms with Crippen LogP contribution in [-0.2, 0) is 4.74 Å². The number of aliphatic hydroxyl groups excluding tert-OH is 1. The fourth-order valence-electron chi connectivity index (χ4n) is 5.08. The molecule has 1 unspecified atom stereocenters. The summed E-state index contributed by atoms with van der Waals surface area (Å²) in [5.74, 6) is -1.46. The third-order valence-corrected chi connectivity index (χ3v) is 6.86. The van der Waals surface area contributed by atoms with E-state index < -0.39 is 17.7 Å². The van der Waals surface area contributed by atoms with Gasteiger partial charge in [0.2, 0.25) is 0 Å². The highest BCUT2D eigenvalue weighted by Gasteiger charge is 2.32. The standard InChI is InChI=1S/C27H25F2NO3/c28-18-9-10-25(29)23(15-18)26(31)17-11-13-30(14-12-17)27(32)33-16-24-21-7-3-1-5-19(21)20-6-2-4-8-22(20)24/h1-10,15,17,24,26,31H,11-14,16H2. The summed E-state index contributed by atoms with van der Waals surface area (Å²) < 4.78 is 33.2. The number of carbonyl (C=O) groups is 1. The van der Waals surface area contributed by atoms with Gasteiger partial charge in [-0.15, -0.1) is 0 Å². The molecule has 5 rings (SSSR count). The second-order valence-corrected chi connectivity index (χ2v) is 8.74. The van der Waals surface area contributed by atoms with E-state index in [1.807, 2.05) is 24.3 Å². The average molecular weight is 449 g/mol. The molecule has 2 aliphatic rings. The van der Waals surface area contributed by atoms with E-state index in [-0.39, 0.29) is 30.1 Å². The number of piperidine rings is 1. The van der Waals surface area contributed by atoms with E-state index in [0.29, 0.717) is 25.9 Å². The molecule has 1 N–H and O–H groups in total. The van der Waals surface area contributed by atoms with E-state index in [9.17, 15) is 18.7 Å². The lowest BCUT2D eigenvalue weighted by atomic mass is 9.87. The number of rotatable bonds is 4. The first-order valence-corrected chi connectivity index (χ1v) is 11.3. The van der Waals surface area contributed by atoms with Gasteiger partial charge in [-0.05, 0) is 59.2 Å². The Morgan fingerprint density at radius 1 is 0.970 bits per heavy atom. The van der Waals surface area contributed by atoms with Crippen LogP contribution in [0, 0.1) is 17.6 Å². The highest BCUT2D eigenvalue weighted by Crippen LogP contribution is 2.44. The van der Waals surface area contributed by atoms with Crippen LogP contribution in [0.3, 0.4) is 0 Å². The highest BCUT2D eigenvalue weighted by atomic mass is 19.1. The van der Waals surface area contributed by atoms with E-state index >= 15 is 0 Å². The number of hydrogen-bond acceptors (Lipinski definition) is 3. The molecule has 1 atom stereocenters. The van der Waals surface area contributed by atoms with Crippen LogP contribution in [0.15, 0.2) is 66.7 Å². The smallest absolute Gasteiger partial charge is 0.409 e. The predicted molar refractivity (Wildman–Crippen MR) is 121 cm³/mol. The van der Waals surface area contributed by atoms with Crippen LogP contribution in [0.4, 0.5) is 13.6 Å². The van der Waals surface area contributed by atoms with Crippen molar-refractivity contribution >= 4 is 6.09 Å².